The van der Waals surface area contributed by atoms with Crippen LogP contribution in [0, 0.1) is 6.92 Å². The third kappa shape index (κ3) is 6.67. The fourth-order valence-electron chi connectivity index (χ4n) is 5.44. The predicted octanol–water partition coefficient (Wildman–Crippen LogP) is 7.42. The van der Waals surface area contributed by atoms with Gasteiger partial charge in [0.2, 0.25) is 0 Å². The number of pyridine rings is 2. The Labute approximate surface area is 246 Å². The van der Waals surface area contributed by atoms with Crippen LogP contribution in [-0.4, -0.2) is 61.5 Å². The number of halogens is 7. The molecule has 0 amide bonds. The van der Waals surface area contributed by atoms with Crippen LogP contribution < -0.4 is 0 Å². The van der Waals surface area contributed by atoms with Crippen molar-refractivity contribution in [1.29, 1.82) is 0 Å². The fourth-order valence-corrected chi connectivity index (χ4v) is 5.60. The number of rotatable bonds is 6. The molecule has 1 N–H and O–H groups in total. The maximum atomic E-state index is 13.8. The number of carbonyl (C=O) groups is 1. The van der Waals surface area contributed by atoms with Crippen LogP contribution in [0.15, 0.2) is 54.9 Å². The predicted molar refractivity (Wildman–Crippen MR) is 146 cm³/mol. The highest BCUT2D eigenvalue weighted by Gasteiger charge is 2.41. The van der Waals surface area contributed by atoms with E-state index in [9.17, 15) is 36.2 Å². The molecule has 0 bridgehead atoms. The second kappa shape index (κ2) is 11.6. The molecule has 43 heavy (non-hydrogen) atoms. The highest BCUT2D eigenvalue weighted by molar-refractivity contribution is 6.30. The van der Waals surface area contributed by atoms with Crippen molar-refractivity contribution in [3.63, 3.8) is 0 Å². The second-order valence-electron chi connectivity index (χ2n) is 10.3. The first-order chi connectivity index (χ1) is 20.2. The molecular weight excluding hydrogens is 600 g/mol. The van der Waals surface area contributed by atoms with Crippen molar-refractivity contribution in [1.82, 2.24) is 24.6 Å². The molecule has 1 aliphatic rings. The van der Waals surface area contributed by atoms with Gasteiger partial charge in [0.25, 0.3) is 0 Å². The van der Waals surface area contributed by atoms with Gasteiger partial charge in [-0.15, -0.1) is 0 Å². The molecule has 1 saturated heterocycles. The lowest BCUT2D eigenvalue weighted by atomic mass is 9.85. The molecule has 226 valence electrons. The fraction of sp³-hybridized carbons (Fsp3) is 0.310. The Hall–Kier alpha value is -3.97. The Morgan fingerprint density at radius 1 is 1.05 bits per heavy atom. The maximum absolute atomic E-state index is 13.8. The normalized spacial score (nSPS) is 15.2. The van der Waals surface area contributed by atoms with E-state index in [0.29, 0.717) is 53.6 Å². The Morgan fingerprint density at radius 3 is 2.40 bits per heavy atom. The molecule has 0 spiro atoms. The SMILES string of the molecule is Cc1cc(-c2ncc(Cl)cc2-c2cccc(-n3ncc(C(=O)O)c3C(F)(F)F)n2)ccc1C1CCN(CC(F)(F)F)CC1. The minimum Gasteiger partial charge on any atom is -0.478 e. The van der Waals surface area contributed by atoms with Gasteiger partial charge >= 0.3 is 18.3 Å². The van der Waals surface area contributed by atoms with Crippen molar-refractivity contribution in [3.8, 4) is 28.3 Å². The van der Waals surface area contributed by atoms with E-state index < -0.39 is 36.1 Å². The molecule has 14 heteroatoms. The number of nitrogens with zero attached hydrogens (tertiary/aromatic N) is 5. The number of piperidine rings is 1. The molecule has 1 fully saturated rings. The van der Waals surface area contributed by atoms with Crippen LogP contribution in [0.1, 0.15) is 45.9 Å². The minimum atomic E-state index is -5.01. The van der Waals surface area contributed by atoms with Gasteiger partial charge in [-0.25, -0.2) is 14.5 Å². The van der Waals surface area contributed by atoms with Gasteiger partial charge in [0.05, 0.1) is 29.2 Å². The number of carboxylic acid groups (broad SMARTS) is 1. The number of carboxylic acids is 1. The lowest BCUT2D eigenvalue weighted by Gasteiger charge is -2.33. The Kier molecular flexibility index (Phi) is 8.23. The summed E-state index contributed by atoms with van der Waals surface area (Å²) in [5.74, 6) is -1.93. The maximum Gasteiger partial charge on any atom is 0.434 e. The molecule has 4 heterocycles. The molecule has 5 rings (SSSR count). The van der Waals surface area contributed by atoms with Crippen molar-refractivity contribution in [3.05, 3.63) is 82.3 Å². The van der Waals surface area contributed by atoms with E-state index in [1.807, 2.05) is 25.1 Å². The zero-order valence-corrected chi connectivity index (χ0v) is 23.3. The molecule has 0 unspecified atom stereocenters. The first-order valence-electron chi connectivity index (χ1n) is 13.1. The summed E-state index contributed by atoms with van der Waals surface area (Å²) in [5, 5.41) is 13.2. The number of benzene rings is 1. The molecule has 1 aliphatic heterocycles. The molecule has 1 aromatic carbocycles. The summed E-state index contributed by atoms with van der Waals surface area (Å²) < 4.78 is 80.2. The van der Waals surface area contributed by atoms with Crippen LogP contribution >= 0.6 is 11.6 Å². The van der Waals surface area contributed by atoms with Crippen molar-refractivity contribution in [2.24, 2.45) is 0 Å². The summed E-state index contributed by atoms with van der Waals surface area (Å²) in [5.41, 5.74) is 1.24. The number of aromatic nitrogens is 4. The summed E-state index contributed by atoms with van der Waals surface area (Å²) in [6.45, 7) is 1.68. The number of aromatic carboxylic acids is 1. The third-order valence-corrected chi connectivity index (χ3v) is 7.53. The summed E-state index contributed by atoms with van der Waals surface area (Å²) in [7, 11) is 0. The third-order valence-electron chi connectivity index (χ3n) is 7.32. The van der Waals surface area contributed by atoms with Crippen LogP contribution in [0.25, 0.3) is 28.3 Å². The van der Waals surface area contributed by atoms with Gasteiger partial charge in [-0.1, -0.05) is 29.8 Å². The number of hydrogen-bond acceptors (Lipinski definition) is 5. The topological polar surface area (TPSA) is 84.1 Å². The molecule has 0 atom stereocenters. The highest BCUT2D eigenvalue weighted by atomic mass is 35.5. The van der Waals surface area contributed by atoms with Gasteiger partial charge in [-0.3, -0.25) is 9.88 Å². The van der Waals surface area contributed by atoms with Crippen molar-refractivity contribution in [2.45, 2.75) is 38.0 Å². The number of aryl methyl sites for hydroxylation is 1. The van der Waals surface area contributed by atoms with Crippen molar-refractivity contribution < 1.29 is 36.2 Å². The van der Waals surface area contributed by atoms with Crippen LogP contribution in [0.3, 0.4) is 0 Å². The van der Waals surface area contributed by atoms with E-state index in [2.05, 4.69) is 15.1 Å². The van der Waals surface area contributed by atoms with Gasteiger partial charge < -0.3 is 5.11 Å². The first kappa shape index (κ1) is 30.5. The Balaban J connectivity index is 1.48. The molecular formula is C29H24ClF6N5O2. The van der Waals surface area contributed by atoms with E-state index >= 15 is 0 Å². The van der Waals surface area contributed by atoms with E-state index in [-0.39, 0.29) is 22.5 Å². The highest BCUT2D eigenvalue weighted by Crippen LogP contribution is 2.37. The second-order valence-corrected chi connectivity index (χ2v) is 10.7. The molecule has 0 radical (unpaired) electrons. The van der Waals surface area contributed by atoms with Crippen molar-refractivity contribution >= 4 is 17.6 Å². The smallest absolute Gasteiger partial charge is 0.434 e. The number of likely N-dealkylation sites (tertiary alicyclic amines) is 1. The van der Waals surface area contributed by atoms with E-state index in [1.165, 1.54) is 23.2 Å². The minimum absolute atomic E-state index is 0.0992. The van der Waals surface area contributed by atoms with E-state index in [1.54, 1.807) is 12.1 Å². The largest absolute Gasteiger partial charge is 0.478 e. The molecule has 0 aliphatic carbocycles. The lowest BCUT2D eigenvalue weighted by Crippen LogP contribution is -2.39. The summed E-state index contributed by atoms with van der Waals surface area (Å²) >= 11 is 6.25. The monoisotopic (exact) mass is 623 g/mol. The zero-order chi connectivity index (χ0) is 31.1. The Bertz CT molecular complexity index is 1660. The van der Waals surface area contributed by atoms with Crippen LogP contribution in [0.4, 0.5) is 26.3 Å². The summed E-state index contributed by atoms with van der Waals surface area (Å²) in [6.07, 6.45) is -6.02. The molecule has 3 aromatic heterocycles. The quantitative estimate of drug-likeness (QED) is 0.225. The van der Waals surface area contributed by atoms with Gasteiger partial charge in [0.15, 0.2) is 11.5 Å². The van der Waals surface area contributed by atoms with Gasteiger partial charge in [-0.05, 0) is 74.2 Å². The first-order valence-corrected chi connectivity index (χ1v) is 13.5. The standard InChI is InChI=1S/C29H24ClF6N5O2/c1-16-11-18(5-6-20(16)17-7-9-40(10-8-17)15-28(31,32)33)25-21(12-19(30)13-37-25)23-3-2-4-24(39-23)41-26(29(34,35)36)22(14-38-41)27(42)43/h2-6,11-14,17H,7-10,15H2,1H3,(H,42,43). The van der Waals surface area contributed by atoms with Crippen LogP contribution in [0.5, 0.6) is 0 Å². The van der Waals surface area contributed by atoms with Crippen molar-refractivity contribution in [2.75, 3.05) is 19.6 Å². The zero-order valence-electron chi connectivity index (χ0n) is 22.5. The number of hydrogen-bond donors (Lipinski definition) is 1. The van der Waals surface area contributed by atoms with Crippen LogP contribution in [-0.2, 0) is 6.18 Å². The molecule has 7 nitrogen and oxygen atoms in total. The summed E-state index contributed by atoms with van der Waals surface area (Å²) in [4.78, 5) is 21.7. The van der Waals surface area contributed by atoms with Gasteiger partial charge in [0.1, 0.15) is 5.56 Å². The average molecular weight is 624 g/mol. The van der Waals surface area contributed by atoms with Gasteiger partial charge in [-0.2, -0.15) is 31.4 Å². The van der Waals surface area contributed by atoms with Gasteiger partial charge in [0, 0.05) is 17.3 Å². The molecule has 4 aromatic rings. The Morgan fingerprint density at radius 2 is 1.77 bits per heavy atom. The van der Waals surface area contributed by atoms with Crippen LogP contribution in [0.2, 0.25) is 5.02 Å². The van der Waals surface area contributed by atoms with E-state index in [0.717, 1.165) is 11.1 Å². The summed E-state index contributed by atoms with van der Waals surface area (Å²) in [6, 6.07) is 11.5. The van der Waals surface area contributed by atoms with E-state index in [4.69, 9.17) is 11.6 Å². The molecule has 0 saturated carbocycles. The lowest BCUT2D eigenvalue weighted by molar-refractivity contribution is -0.148. The average Bonchev–Trinajstić information content (AvgIpc) is 3.40. The number of alkyl halides is 6.